The fourth-order valence-corrected chi connectivity index (χ4v) is 2.36. The molecule has 0 spiro atoms. The van der Waals surface area contributed by atoms with E-state index in [1.54, 1.807) is 18.7 Å². The van der Waals surface area contributed by atoms with Gasteiger partial charge in [0.1, 0.15) is 5.41 Å². The highest BCUT2D eigenvalue weighted by molar-refractivity contribution is 7.98. The first-order valence-corrected chi connectivity index (χ1v) is 7.74. The Kier molecular flexibility index (Phi) is 6.44. The van der Waals surface area contributed by atoms with Gasteiger partial charge in [0.15, 0.2) is 0 Å². The number of carboxylic acid groups (broad SMARTS) is 1. The van der Waals surface area contributed by atoms with Gasteiger partial charge in [0, 0.05) is 6.54 Å². The maximum Gasteiger partial charge on any atom is 0.315 e. The van der Waals surface area contributed by atoms with Gasteiger partial charge in [0.05, 0.1) is 19.3 Å². The molecular formula is C12H22N2O4S. The highest BCUT2D eigenvalue weighted by Gasteiger charge is 2.47. The molecule has 6 nitrogen and oxygen atoms in total. The lowest BCUT2D eigenvalue weighted by Gasteiger charge is -2.25. The van der Waals surface area contributed by atoms with Crippen LogP contribution in [0.25, 0.3) is 0 Å². The molecule has 110 valence electrons. The second-order valence-electron chi connectivity index (χ2n) is 4.89. The number of amides is 2. The molecule has 0 aromatic heterocycles. The van der Waals surface area contributed by atoms with Gasteiger partial charge in [-0.25, -0.2) is 4.79 Å². The summed E-state index contributed by atoms with van der Waals surface area (Å²) in [4.78, 5) is 22.9. The number of thioether (sulfide) groups is 1. The van der Waals surface area contributed by atoms with Gasteiger partial charge in [0.2, 0.25) is 0 Å². The maximum atomic E-state index is 11.7. The van der Waals surface area contributed by atoms with E-state index in [2.05, 4.69) is 10.6 Å². The lowest BCUT2D eigenvalue weighted by Crippen LogP contribution is -2.52. The number of nitrogens with one attached hydrogen (secondary N) is 2. The third kappa shape index (κ3) is 4.58. The van der Waals surface area contributed by atoms with E-state index in [1.165, 1.54) is 0 Å². The molecule has 19 heavy (non-hydrogen) atoms. The predicted molar refractivity (Wildman–Crippen MR) is 74.5 cm³/mol. The lowest BCUT2D eigenvalue weighted by atomic mass is 9.85. The zero-order valence-electron chi connectivity index (χ0n) is 11.4. The first kappa shape index (κ1) is 16.1. The zero-order valence-corrected chi connectivity index (χ0v) is 12.2. The van der Waals surface area contributed by atoms with E-state index in [0.717, 1.165) is 18.6 Å². The monoisotopic (exact) mass is 290 g/mol. The molecule has 0 saturated carbocycles. The summed E-state index contributed by atoms with van der Waals surface area (Å²) in [5.41, 5.74) is -1.05. The summed E-state index contributed by atoms with van der Waals surface area (Å²) < 4.78 is 5.17. The Bertz CT molecular complexity index is 327. The third-order valence-electron chi connectivity index (χ3n) is 3.31. The number of unbranched alkanes of at least 4 members (excludes halogenated alkanes) is 1. The Morgan fingerprint density at radius 3 is 2.84 bits per heavy atom. The van der Waals surface area contributed by atoms with Crippen molar-refractivity contribution >= 4 is 23.8 Å². The Labute approximate surface area is 117 Å². The fourth-order valence-electron chi connectivity index (χ4n) is 1.87. The first-order valence-electron chi connectivity index (χ1n) is 6.35. The molecule has 3 N–H and O–H groups in total. The largest absolute Gasteiger partial charge is 0.481 e. The van der Waals surface area contributed by atoms with Crippen molar-refractivity contribution in [1.82, 2.24) is 10.6 Å². The van der Waals surface area contributed by atoms with Crippen LogP contribution >= 0.6 is 11.8 Å². The quantitative estimate of drug-likeness (QED) is 0.607. The van der Waals surface area contributed by atoms with Gasteiger partial charge in [-0.1, -0.05) is 0 Å². The first-order chi connectivity index (χ1) is 9.00. The summed E-state index contributed by atoms with van der Waals surface area (Å²) in [6.07, 6.45) is 4.03. The molecule has 1 fully saturated rings. The van der Waals surface area contributed by atoms with Crippen LogP contribution in [-0.2, 0) is 9.53 Å². The Morgan fingerprint density at radius 2 is 2.21 bits per heavy atom. The van der Waals surface area contributed by atoms with E-state index in [9.17, 15) is 14.7 Å². The van der Waals surface area contributed by atoms with Crippen molar-refractivity contribution in [2.45, 2.75) is 25.8 Å². The number of carbonyl (C=O) groups is 2. The van der Waals surface area contributed by atoms with E-state index < -0.39 is 17.4 Å². The Morgan fingerprint density at radius 1 is 1.47 bits per heavy atom. The molecule has 0 radical (unpaired) electrons. The number of ether oxygens (including phenoxy) is 1. The van der Waals surface area contributed by atoms with Crippen LogP contribution in [0.3, 0.4) is 0 Å². The minimum absolute atomic E-state index is 0.126. The van der Waals surface area contributed by atoms with Crippen LogP contribution in [0.2, 0.25) is 0 Å². The summed E-state index contributed by atoms with van der Waals surface area (Å²) in [6, 6.07) is -0.816. The molecule has 0 aliphatic carbocycles. The van der Waals surface area contributed by atoms with Crippen LogP contribution in [0.15, 0.2) is 0 Å². The van der Waals surface area contributed by atoms with Crippen molar-refractivity contribution in [1.29, 1.82) is 0 Å². The molecule has 0 aromatic rings. The number of aliphatic carboxylic acids is 1. The summed E-state index contributed by atoms with van der Waals surface area (Å²) in [5.74, 6) is 0.131. The van der Waals surface area contributed by atoms with Gasteiger partial charge >= 0.3 is 12.0 Å². The van der Waals surface area contributed by atoms with E-state index in [4.69, 9.17) is 4.74 Å². The molecule has 2 unspecified atom stereocenters. The van der Waals surface area contributed by atoms with Crippen LogP contribution < -0.4 is 10.6 Å². The van der Waals surface area contributed by atoms with Gasteiger partial charge in [-0.2, -0.15) is 11.8 Å². The van der Waals surface area contributed by atoms with Crippen molar-refractivity contribution in [3.63, 3.8) is 0 Å². The molecule has 1 aliphatic rings. The molecule has 1 rings (SSSR count). The molecule has 1 aliphatic heterocycles. The molecule has 1 heterocycles. The minimum Gasteiger partial charge on any atom is -0.481 e. The van der Waals surface area contributed by atoms with Gasteiger partial charge in [0.25, 0.3) is 0 Å². The maximum absolute atomic E-state index is 11.7. The second-order valence-corrected chi connectivity index (χ2v) is 5.88. The smallest absolute Gasteiger partial charge is 0.315 e. The topological polar surface area (TPSA) is 87.7 Å². The van der Waals surface area contributed by atoms with Crippen LogP contribution in [-0.4, -0.2) is 54.9 Å². The summed E-state index contributed by atoms with van der Waals surface area (Å²) >= 11 is 1.78. The zero-order chi connectivity index (χ0) is 14.3. The van der Waals surface area contributed by atoms with Gasteiger partial charge in [-0.15, -0.1) is 0 Å². The summed E-state index contributed by atoms with van der Waals surface area (Å²) in [7, 11) is 0. The molecule has 1 saturated heterocycles. The molecule has 0 aromatic carbocycles. The van der Waals surface area contributed by atoms with Crippen molar-refractivity contribution in [3.05, 3.63) is 0 Å². The average molecular weight is 290 g/mol. The van der Waals surface area contributed by atoms with Crippen molar-refractivity contribution in [2.75, 3.05) is 31.8 Å². The Balaban J connectivity index is 2.30. The number of hydrogen-bond acceptors (Lipinski definition) is 4. The number of urea groups is 1. The second kappa shape index (κ2) is 7.59. The lowest BCUT2D eigenvalue weighted by molar-refractivity contribution is -0.148. The third-order valence-corrected chi connectivity index (χ3v) is 4.01. The van der Waals surface area contributed by atoms with Crippen LogP contribution in [0.5, 0.6) is 0 Å². The molecular weight excluding hydrogens is 268 g/mol. The van der Waals surface area contributed by atoms with Gasteiger partial charge in [-0.3, -0.25) is 4.79 Å². The highest BCUT2D eigenvalue weighted by atomic mass is 32.2. The molecule has 2 amide bonds. The Hall–Kier alpha value is -0.950. The van der Waals surface area contributed by atoms with Crippen molar-refractivity contribution in [3.8, 4) is 0 Å². The fraction of sp³-hybridized carbons (Fsp3) is 0.833. The molecule has 7 heteroatoms. The highest BCUT2D eigenvalue weighted by Crippen LogP contribution is 2.28. The summed E-state index contributed by atoms with van der Waals surface area (Å²) in [6.45, 7) is 2.55. The normalized spacial score (nSPS) is 26.1. The standard InChI is InChI=1S/C12H22N2O4S/c1-12(10(15)16)8-18-7-9(12)14-11(17)13-5-3-4-6-19-2/h9H,3-8H2,1-2H3,(H,15,16)(H2,13,14,17). The van der Waals surface area contributed by atoms with E-state index >= 15 is 0 Å². The number of carbonyl (C=O) groups excluding carboxylic acids is 1. The predicted octanol–water partition coefficient (Wildman–Crippen LogP) is 0.918. The van der Waals surface area contributed by atoms with Crippen LogP contribution in [0, 0.1) is 5.41 Å². The van der Waals surface area contributed by atoms with E-state index in [0.29, 0.717) is 6.54 Å². The van der Waals surface area contributed by atoms with E-state index in [-0.39, 0.29) is 19.2 Å². The van der Waals surface area contributed by atoms with Crippen molar-refractivity contribution in [2.24, 2.45) is 5.41 Å². The van der Waals surface area contributed by atoms with Crippen molar-refractivity contribution < 1.29 is 19.4 Å². The molecule has 2 atom stereocenters. The summed E-state index contributed by atoms with van der Waals surface area (Å²) in [5, 5.41) is 14.6. The van der Waals surface area contributed by atoms with E-state index in [1.807, 2.05) is 6.26 Å². The average Bonchev–Trinajstić information content (AvgIpc) is 2.72. The number of rotatable bonds is 7. The number of hydrogen-bond donors (Lipinski definition) is 3. The SMILES string of the molecule is CSCCCCNC(=O)NC1COCC1(C)C(=O)O. The van der Waals surface area contributed by atoms with Gasteiger partial charge in [-0.05, 0) is 31.8 Å². The van der Waals surface area contributed by atoms with Gasteiger partial charge < -0.3 is 20.5 Å². The van der Waals surface area contributed by atoms with Crippen LogP contribution in [0.1, 0.15) is 19.8 Å². The number of carboxylic acids is 1. The minimum atomic E-state index is -1.05. The molecule has 0 bridgehead atoms. The van der Waals surface area contributed by atoms with Crippen LogP contribution in [0.4, 0.5) is 4.79 Å².